The molecule has 0 aromatic heterocycles. The van der Waals surface area contributed by atoms with Gasteiger partial charge in [-0.3, -0.25) is 0 Å². The molecule has 114 valence electrons. The largest absolute Gasteiger partial charge is 0.396 e. The molecule has 0 radical (unpaired) electrons. The van der Waals surface area contributed by atoms with E-state index in [0.29, 0.717) is 0 Å². The molecule has 0 saturated heterocycles. The Morgan fingerprint density at radius 3 is 2.23 bits per heavy atom. The lowest BCUT2D eigenvalue weighted by Crippen LogP contribution is -2.30. The average molecular weight is 293 g/mol. The third-order valence-electron chi connectivity index (χ3n) is 3.67. The van der Waals surface area contributed by atoms with Gasteiger partial charge in [0, 0.05) is 24.9 Å². The number of hydrogen-bond donors (Lipinski definition) is 1. The van der Waals surface area contributed by atoms with Crippen LogP contribution in [0.5, 0.6) is 0 Å². The lowest BCUT2D eigenvalue weighted by atomic mass is 10.1. The van der Waals surface area contributed by atoms with Crippen molar-refractivity contribution in [2.24, 2.45) is 0 Å². The van der Waals surface area contributed by atoms with Crippen molar-refractivity contribution in [2.75, 3.05) is 18.6 Å². The van der Waals surface area contributed by atoms with Gasteiger partial charge in [0.1, 0.15) is 0 Å². The molecule has 1 N–H and O–H groups in total. The Kier molecular flexibility index (Phi) is 6.54. The van der Waals surface area contributed by atoms with Gasteiger partial charge in [-0.2, -0.15) is 0 Å². The van der Waals surface area contributed by atoms with Crippen LogP contribution in [0.15, 0.2) is 60.7 Å². The Morgan fingerprint density at radius 1 is 0.955 bits per heavy atom. The summed E-state index contributed by atoms with van der Waals surface area (Å²) in [7, 11) is 2.08. The van der Waals surface area contributed by atoms with Gasteiger partial charge in [-0.1, -0.05) is 48.2 Å². The smallest absolute Gasteiger partial charge is 0.0904 e. The molecule has 0 spiro atoms. The number of aliphatic hydroxyl groups excluding tert-OH is 1. The molecule has 0 aliphatic rings. The molecule has 0 amide bonds. The lowest BCUT2D eigenvalue weighted by molar-refractivity contribution is 0.282. The molecule has 0 bridgehead atoms. The Morgan fingerprint density at radius 2 is 1.59 bits per heavy atom. The molecule has 0 aliphatic heterocycles. The van der Waals surface area contributed by atoms with E-state index in [9.17, 15) is 0 Å². The number of unbranched alkanes of at least 4 members (excludes halogenated alkanes) is 1. The highest BCUT2D eigenvalue weighted by atomic mass is 16.2. The molecule has 22 heavy (non-hydrogen) atoms. The normalized spacial score (nSPS) is 11.4. The summed E-state index contributed by atoms with van der Waals surface area (Å²) in [6.07, 6.45) is 2.75. The summed E-state index contributed by atoms with van der Waals surface area (Å²) in [5.74, 6) is 6.66. The van der Waals surface area contributed by atoms with Crippen LogP contribution in [0.25, 0.3) is 0 Å². The second-order valence-corrected chi connectivity index (χ2v) is 5.32. The zero-order valence-electron chi connectivity index (χ0n) is 13.1. The first-order chi connectivity index (χ1) is 10.8. The molecule has 0 fully saturated rings. The maximum Gasteiger partial charge on any atom is 0.0904 e. The Bertz CT molecular complexity index is 598. The zero-order valence-corrected chi connectivity index (χ0v) is 13.1. The monoisotopic (exact) mass is 293 g/mol. The van der Waals surface area contributed by atoms with E-state index in [2.05, 4.69) is 35.9 Å². The molecular weight excluding hydrogens is 270 g/mol. The van der Waals surface area contributed by atoms with E-state index in [1.807, 2.05) is 48.5 Å². The molecule has 0 aliphatic carbocycles. The van der Waals surface area contributed by atoms with Crippen molar-refractivity contribution >= 4 is 5.69 Å². The van der Waals surface area contributed by atoms with E-state index in [1.54, 1.807) is 0 Å². The van der Waals surface area contributed by atoms with Crippen LogP contribution in [-0.4, -0.2) is 24.8 Å². The van der Waals surface area contributed by atoms with Gasteiger partial charge in [0.05, 0.1) is 6.04 Å². The number of para-hydroxylation sites is 1. The van der Waals surface area contributed by atoms with Crippen LogP contribution in [0.1, 0.15) is 24.8 Å². The third-order valence-corrected chi connectivity index (χ3v) is 3.67. The van der Waals surface area contributed by atoms with E-state index in [1.165, 1.54) is 5.69 Å². The SMILES string of the molecule is CN(c1ccccc1)C(C#Cc1ccccc1)CCCCO. The van der Waals surface area contributed by atoms with Crippen molar-refractivity contribution in [3.63, 3.8) is 0 Å². The minimum absolute atomic E-state index is 0.147. The first kappa shape index (κ1) is 16.1. The van der Waals surface area contributed by atoms with Gasteiger partial charge in [-0.25, -0.2) is 0 Å². The molecular formula is C20H23NO. The number of nitrogens with zero attached hydrogens (tertiary/aromatic N) is 1. The Labute approximate surface area is 133 Å². The van der Waals surface area contributed by atoms with Gasteiger partial charge in [-0.15, -0.1) is 0 Å². The molecule has 2 heteroatoms. The number of rotatable bonds is 6. The summed E-state index contributed by atoms with van der Waals surface area (Å²) in [5, 5.41) is 8.99. The summed E-state index contributed by atoms with van der Waals surface area (Å²) in [6.45, 7) is 0.244. The van der Waals surface area contributed by atoms with Gasteiger partial charge in [0.15, 0.2) is 0 Å². The van der Waals surface area contributed by atoms with Crippen LogP contribution < -0.4 is 4.90 Å². The fraction of sp³-hybridized carbons (Fsp3) is 0.300. The quantitative estimate of drug-likeness (QED) is 0.648. The van der Waals surface area contributed by atoms with Crippen molar-refractivity contribution in [2.45, 2.75) is 25.3 Å². The van der Waals surface area contributed by atoms with Crippen LogP contribution in [0, 0.1) is 11.8 Å². The maximum absolute atomic E-state index is 8.99. The molecule has 0 heterocycles. The summed E-state index contributed by atoms with van der Waals surface area (Å²) >= 11 is 0. The van der Waals surface area contributed by atoms with Gasteiger partial charge < -0.3 is 10.0 Å². The molecule has 0 saturated carbocycles. The summed E-state index contributed by atoms with van der Waals surface area (Å²) < 4.78 is 0. The van der Waals surface area contributed by atoms with Crippen LogP contribution in [0.3, 0.4) is 0 Å². The first-order valence-corrected chi connectivity index (χ1v) is 7.76. The topological polar surface area (TPSA) is 23.5 Å². The zero-order chi connectivity index (χ0) is 15.6. The molecule has 1 atom stereocenters. The van der Waals surface area contributed by atoms with Gasteiger partial charge in [0.25, 0.3) is 0 Å². The minimum atomic E-state index is 0.147. The fourth-order valence-electron chi connectivity index (χ4n) is 2.34. The highest BCUT2D eigenvalue weighted by molar-refractivity contribution is 5.49. The molecule has 1 unspecified atom stereocenters. The second-order valence-electron chi connectivity index (χ2n) is 5.32. The Hall–Kier alpha value is -2.24. The van der Waals surface area contributed by atoms with Crippen molar-refractivity contribution in [3.8, 4) is 11.8 Å². The molecule has 2 aromatic rings. The average Bonchev–Trinajstić information content (AvgIpc) is 2.59. The standard InChI is InChI=1S/C20H23NO/c1-21(19-12-6-3-7-13-19)20(14-8-9-17-22)16-15-18-10-4-2-5-11-18/h2-7,10-13,20,22H,8-9,14,17H2,1H3. The van der Waals surface area contributed by atoms with E-state index in [0.717, 1.165) is 24.8 Å². The Balaban J connectivity index is 2.14. The minimum Gasteiger partial charge on any atom is -0.396 e. The number of hydrogen-bond acceptors (Lipinski definition) is 2. The second kappa shape index (κ2) is 8.92. The maximum atomic E-state index is 8.99. The van der Waals surface area contributed by atoms with E-state index >= 15 is 0 Å². The summed E-state index contributed by atoms with van der Waals surface area (Å²) in [4.78, 5) is 2.22. The van der Waals surface area contributed by atoms with Gasteiger partial charge in [-0.05, 0) is 43.5 Å². The predicted molar refractivity (Wildman–Crippen MR) is 92.9 cm³/mol. The van der Waals surface area contributed by atoms with Crippen LogP contribution in [0.4, 0.5) is 5.69 Å². The molecule has 2 rings (SSSR count). The third kappa shape index (κ3) is 4.95. The lowest BCUT2D eigenvalue weighted by Gasteiger charge is -2.26. The van der Waals surface area contributed by atoms with Crippen molar-refractivity contribution in [1.29, 1.82) is 0 Å². The van der Waals surface area contributed by atoms with E-state index in [4.69, 9.17) is 5.11 Å². The number of aliphatic hydroxyl groups is 1. The van der Waals surface area contributed by atoms with Gasteiger partial charge >= 0.3 is 0 Å². The fourth-order valence-corrected chi connectivity index (χ4v) is 2.34. The summed E-state index contributed by atoms with van der Waals surface area (Å²) in [5.41, 5.74) is 2.20. The van der Waals surface area contributed by atoms with Crippen LogP contribution in [-0.2, 0) is 0 Å². The van der Waals surface area contributed by atoms with Crippen molar-refractivity contribution in [1.82, 2.24) is 0 Å². The van der Waals surface area contributed by atoms with E-state index < -0.39 is 0 Å². The predicted octanol–water partition coefficient (Wildman–Crippen LogP) is 3.71. The van der Waals surface area contributed by atoms with Crippen molar-refractivity contribution < 1.29 is 5.11 Å². The molecule has 2 nitrogen and oxygen atoms in total. The number of anilines is 1. The van der Waals surface area contributed by atoms with Gasteiger partial charge in [0.2, 0.25) is 0 Å². The van der Waals surface area contributed by atoms with Crippen LogP contribution >= 0.6 is 0 Å². The highest BCUT2D eigenvalue weighted by Gasteiger charge is 2.12. The first-order valence-electron chi connectivity index (χ1n) is 7.76. The van der Waals surface area contributed by atoms with E-state index in [-0.39, 0.29) is 12.6 Å². The van der Waals surface area contributed by atoms with Crippen LogP contribution in [0.2, 0.25) is 0 Å². The number of benzene rings is 2. The molecule has 2 aromatic carbocycles. The van der Waals surface area contributed by atoms with Crippen molar-refractivity contribution in [3.05, 3.63) is 66.2 Å². The summed E-state index contributed by atoms with van der Waals surface area (Å²) in [6, 6.07) is 20.5. The highest BCUT2D eigenvalue weighted by Crippen LogP contribution is 2.17.